The minimum absolute atomic E-state index is 0.871. The van der Waals surface area contributed by atoms with Crippen molar-refractivity contribution in [2.45, 2.75) is 13.3 Å². The van der Waals surface area contributed by atoms with Gasteiger partial charge in [0.2, 0.25) is 5.02 Å². The van der Waals surface area contributed by atoms with Gasteiger partial charge in [0, 0.05) is 12.1 Å². The highest BCUT2D eigenvalue weighted by Crippen LogP contribution is 2.23. The predicted octanol–water partition coefficient (Wildman–Crippen LogP) is 2.55. The standard InChI is InChI=1S/C9H9ClNS/c1-2-9-11-7-5-6(10)3-4-8(7)12-9/h3-5,10H,2H2,1H3/q+1. The molecule has 1 aromatic carbocycles. The zero-order chi connectivity index (χ0) is 8.55. The third kappa shape index (κ3) is 1.32. The summed E-state index contributed by atoms with van der Waals surface area (Å²) in [5.41, 5.74) is 1.05. The SMILES string of the molecule is CCc1nc2cc([ClH+])ccc2s1. The Morgan fingerprint density at radius 3 is 3.08 bits per heavy atom. The van der Waals surface area contributed by atoms with E-state index in [2.05, 4.69) is 18.0 Å². The largest absolute Gasteiger partial charge is 0.241 e. The van der Waals surface area contributed by atoms with E-state index in [0.717, 1.165) is 17.0 Å². The summed E-state index contributed by atoms with van der Waals surface area (Å²) in [6.45, 7) is 2.12. The normalized spacial score (nSPS) is 10.8. The predicted molar refractivity (Wildman–Crippen MR) is 49.6 cm³/mol. The number of benzene rings is 1. The molecule has 0 saturated carbocycles. The summed E-state index contributed by atoms with van der Waals surface area (Å²) in [4.78, 5) is 4.44. The highest BCUT2D eigenvalue weighted by atomic mass is 35.5. The summed E-state index contributed by atoms with van der Waals surface area (Å²) in [6, 6.07) is 5.96. The summed E-state index contributed by atoms with van der Waals surface area (Å²) in [5, 5.41) is 2.06. The molecule has 0 amide bonds. The van der Waals surface area contributed by atoms with Crippen molar-refractivity contribution in [3.63, 3.8) is 0 Å². The molecule has 1 nitrogen and oxygen atoms in total. The van der Waals surface area contributed by atoms with Crippen LogP contribution in [0.4, 0.5) is 0 Å². The second-order valence-corrected chi connectivity index (χ2v) is 4.18. The molecule has 0 atom stereocenters. The smallest absolute Gasteiger partial charge is 0.227 e. The van der Waals surface area contributed by atoms with E-state index in [4.69, 9.17) is 11.6 Å². The molecule has 0 saturated heterocycles. The Kier molecular flexibility index (Phi) is 2.03. The first-order valence-electron chi connectivity index (χ1n) is 3.86. The zero-order valence-corrected chi connectivity index (χ0v) is 8.34. The molecule has 0 aliphatic carbocycles. The first-order chi connectivity index (χ1) is 5.79. The van der Waals surface area contributed by atoms with E-state index >= 15 is 0 Å². The van der Waals surface area contributed by atoms with Gasteiger partial charge in [0.1, 0.15) is 0 Å². The van der Waals surface area contributed by atoms with Crippen LogP contribution < -0.4 is 0 Å². The summed E-state index contributed by atoms with van der Waals surface area (Å²) in [5.74, 6) is 0. The number of hydrogen-bond donors (Lipinski definition) is 0. The molecular formula is C9H9ClNS+. The lowest BCUT2D eigenvalue weighted by Gasteiger charge is -1.81. The molecule has 0 aliphatic rings. The van der Waals surface area contributed by atoms with Crippen LogP contribution >= 0.6 is 11.3 Å². The number of thiazole rings is 1. The summed E-state index contributed by atoms with van der Waals surface area (Å²) >= 11 is 6.80. The third-order valence-corrected chi connectivity index (χ3v) is 3.14. The van der Waals surface area contributed by atoms with Crippen LogP contribution in [0.5, 0.6) is 0 Å². The third-order valence-electron chi connectivity index (χ3n) is 1.71. The Labute approximate surface area is 80.0 Å². The van der Waals surface area contributed by atoms with E-state index in [0.29, 0.717) is 0 Å². The van der Waals surface area contributed by atoms with Gasteiger partial charge in [-0.1, -0.05) is 6.92 Å². The van der Waals surface area contributed by atoms with Gasteiger partial charge in [-0.2, -0.15) is 0 Å². The first kappa shape index (κ1) is 8.02. The van der Waals surface area contributed by atoms with Crippen LogP contribution in [-0.2, 0) is 6.42 Å². The minimum atomic E-state index is 0.871. The fourth-order valence-electron chi connectivity index (χ4n) is 1.11. The number of halogens is 1. The van der Waals surface area contributed by atoms with Gasteiger partial charge in [-0.25, -0.2) is 4.98 Å². The van der Waals surface area contributed by atoms with Crippen LogP contribution in [0.1, 0.15) is 11.9 Å². The Morgan fingerprint density at radius 2 is 2.33 bits per heavy atom. The Hall–Kier alpha value is -0.600. The summed E-state index contributed by atoms with van der Waals surface area (Å²) in [6.07, 6.45) is 1.01. The van der Waals surface area contributed by atoms with Crippen molar-refractivity contribution in [1.82, 2.24) is 4.98 Å². The molecule has 1 heterocycles. The van der Waals surface area contributed by atoms with Gasteiger partial charge in [0.15, 0.2) is 11.6 Å². The molecule has 0 bridgehead atoms. The lowest BCUT2D eigenvalue weighted by Crippen LogP contribution is -1.74. The second kappa shape index (κ2) is 3.04. The lowest BCUT2D eigenvalue weighted by atomic mass is 10.3. The lowest BCUT2D eigenvalue weighted by molar-refractivity contribution is -0.288. The molecule has 0 unspecified atom stereocenters. The van der Waals surface area contributed by atoms with Crippen LogP contribution in [0.3, 0.4) is 0 Å². The monoisotopic (exact) mass is 198 g/mol. The van der Waals surface area contributed by atoms with Gasteiger partial charge >= 0.3 is 0 Å². The summed E-state index contributed by atoms with van der Waals surface area (Å²) in [7, 11) is 0. The fourth-order valence-corrected chi connectivity index (χ4v) is 2.17. The van der Waals surface area contributed by atoms with Crippen LogP contribution in [0.25, 0.3) is 10.2 Å². The van der Waals surface area contributed by atoms with Crippen molar-refractivity contribution in [3.8, 4) is 0 Å². The molecule has 0 spiro atoms. The highest BCUT2D eigenvalue weighted by molar-refractivity contribution is 7.18. The van der Waals surface area contributed by atoms with Crippen LogP contribution in [0, 0.1) is 11.6 Å². The van der Waals surface area contributed by atoms with E-state index in [1.165, 1.54) is 9.71 Å². The molecule has 0 aliphatic heterocycles. The van der Waals surface area contributed by atoms with Crippen LogP contribution in [0.2, 0.25) is 5.02 Å². The van der Waals surface area contributed by atoms with E-state index in [9.17, 15) is 0 Å². The topological polar surface area (TPSA) is 12.9 Å². The van der Waals surface area contributed by atoms with Crippen molar-refractivity contribution < 1.29 is 11.6 Å². The van der Waals surface area contributed by atoms with Crippen molar-refractivity contribution >= 4 is 21.6 Å². The Balaban J connectivity index is 2.67. The number of aryl methyl sites for hydroxylation is 1. The van der Waals surface area contributed by atoms with Gasteiger partial charge in [-0.05, 0) is 12.5 Å². The minimum Gasteiger partial charge on any atom is -0.241 e. The second-order valence-electron chi connectivity index (χ2n) is 2.59. The number of nitrogens with zero attached hydrogens (tertiary/aromatic N) is 1. The van der Waals surface area contributed by atoms with E-state index < -0.39 is 0 Å². The van der Waals surface area contributed by atoms with Gasteiger partial charge in [0.05, 0.1) is 15.2 Å². The highest BCUT2D eigenvalue weighted by Gasteiger charge is 2.04. The van der Waals surface area contributed by atoms with Gasteiger partial charge in [0.25, 0.3) is 0 Å². The number of fused-ring (bicyclic) bond motifs is 1. The average Bonchev–Trinajstić information content (AvgIpc) is 2.46. The first-order valence-corrected chi connectivity index (χ1v) is 5.08. The number of aromatic nitrogens is 1. The van der Waals surface area contributed by atoms with E-state index in [1.54, 1.807) is 11.3 Å². The maximum atomic E-state index is 5.05. The molecular weight excluding hydrogens is 190 g/mol. The van der Waals surface area contributed by atoms with Crippen molar-refractivity contribution in [3.05, 3.63) is 28.2 Å². The number of rotatable bonds is 1. The van der Waals surface area contributed by atoms with E-state index in [-0.39, 0.29) is 0 Å². The molecule has 2 aromatic rings. The van der Waals surface area contributed by atoms with Crippen LogP contribution in [-0.4, -0.2) is 4.98 Å². The molecule has 0 radical (unpaired) electrons. The maximum Gasteiger partial charge on any atom is 0.227 e. The molecule has 62 valence electrons. The van der Waals surface area contributed by atoms with Gasteiger partial charge < -0.3 is 0 Å². The zero-order valence-electron chi connectivity index (χ0n) is 6.70. The molecule has 3 heteroatoms. The van der Waals surface area contributed by atoms with Gasteiger partial charge in [-0.15, -0.1) is 11.3 Å². The number of hydrogen-bond acceptors (Lipinski definition) is 2. The van der Waals surface area contributed by atoms with Crippen LogP contribution in [0.15, 0.2) is 18.2 Å². The fraction of sp³-hybridized carbons (Fsp3) is 0.222. The molecule has 12 heavy (non-hydrogen) atoms. The Morgan fingerprint density at radius 1 is 1.50 bits per heavy atom. The van der Waals surface area contributed by atoms with E-state index in [1.807, 2.05) is 12.1 Å². The Bertz CT molecular complexity index is 408. The molecule has 0 fully saturated rings. The van der Waals surface area contributed by atoms with Crippen molar-refractivity contribution in [2.24, 2.45) is 0 Å². The molecule has 0 N–H and O–H groups in total. The average molecular weight is 199 g/mol. The van der Waals surface area contributed by atoms with Crippen molar-refractivity contribution in [2.75, 3.05) is 0 Å². The van der Waals surface area contributed by atoms with Crippen molar-refractivity contribution in [1.29, 1.82) is 0 Å². The summed E-state index contributed by atoms with van der Waals surface area (Å²) < 4.78 is 1.24. The van der Waals surface area contributed by atoms with Gasteiger partial charge in [-0.3, -0.25) is 0 Å². The quantitative estimate of drug-likeness (QED) is 0.687. The molecule has 1 aromatic heterocycles. The molecule has 2 rings (SSSR count). The maximum absolute atomic E-state index is 5.05.